The van der Waals surface area contributed by atoms with Crippen molar-refractivity contribution in [2.75, 3.05) is 26.7 Å². The first-order valence-electron chi connectivity index (χ1n) is 5.14. The predicted molar refractivity (Wildman–Crippen MR) is 58.9 cm³/mol. The lowest BCUT2D eigenvalue weighted by atomic mass is 10.1. The van der Waals surface area contributed by atoms with E-state index in [1.807, 2.05) is 7.05 Å². The van der Waals surface area contributed by atoms with Gasteiger partial charge in [0, 0.05) is 25.7 Å². The van der Waals surface area contributed by atoms with Crippen LogP contribution in [0.25, 0.3) is 0 Å². The molecule has 0 radical (unpaired) electrons. The largest absolute Gasteiger partial charge is 0.479 e. The van der Waals surface area contributed by atoms with Crippen LogP contribution in [0.15, 0.2) is 0 Å². The Kier molecular flexibility index (Phi) is 5.79. The van der Waals surface area contributed by atoms with Gasteiger partial charge in [-0.15, -0.1) is 0 Å². The Morgan fingerprint density at radius 2 is 2.07 bits per heavy atom. The molecule has 0 rings (SSSR count). The van der Waals surface area contributed by atoms with E-state index < -0.39 is 11.6 Å². The molecule has 90 valence electrons. The Morgan fingerprint density at radius 3 is 2.47 bits per heavy atom. The van der Waals surface area contributed by atoms with E-state index >= 15 is 0 Å². The molecule has 0 bridgehead atoms. The summed E-state index contributed by atoms with van der Waals surface area (Å²) in [5.74, 6) is -1.20. The highest BCUT2D eigenvalue weighted by Gasteiger charge is 2.28. The first kappa shape index (κ1) is 14.3. The summed E-state index contributed by atoms with van der Waals surface area (Å²) in [7, 11) is 2.00. The van der Waals surface area contributed by atoms with E-state index in [0.717, 1.165) is 6.54 Å². The summed E-state index contributed by atoms with van der Waals surface area (Å²) in [5, 5.41) is 20.9. The monoisotopic (exact) mass is 218 g/mol. The molecule has 0 aromatic rings. The number of aliphatic hydroxyl groups is 1. The zero-order valence-electron chi connectivity index (χ0n) is 9.95. The molecule has 3 N–H and O–H groups in total. The molecule has 15 heavy (non-hydrogen) atoms. The van der Waals surface area contributed by atoms with Gasteiger partial charge in [-0.2, -0.15) is 0 Å². The van der Waals surface area contributed by atoms with E-state index in [1.165, 1.54) is 6.92 Å². The number of carbonyl (C=O) groups is 1. The fourth-order valence-electron chi connectivity index (χ4n) is 0.921. The molecule has 0 saturated heterocycles. The van der Waals surface area contributed by atoms with Crippen molar-refractivity contribution in [2.45, 2.75) is 32.4 Å². The van der Waals surface area contributed by atoms with Crippen LogP contribution in [0.5, 0.6) is 0 Å². The number of carboxylic acid groups (broad SMARTS) is 1. The Hall–Kier alpha value is -0.650. The van der Waals surface area contributed by atoms with Crippen LogP contribution in [-0.2, 0) is 4.79 Å². The number of nitrogens with zero attached hydrogens (tertiary/aromatic N) is 1. The van der Waals surface area contributed by atoms with Crippen molar-refractivity contribution in [1.29, 1.82) is 0 Å². The Morgan fingerprint density at radius 1 is 1.53 bits per heavy atom. The molecule has 0 aliphatic carbocycles. The number of carboxylic acids is 1. The minimum absolute atomic E-state index is 0.0638. The summed E-state index contributed by atoms with van der Waals surface area (Å²) in [6, 6.07) is 0.465. The number of nitrogens with one attached hydrogen (secondary N) is 1. The molecule has 0 aromatic heterocycles. The van der Waals surface area contributed by atoms with Gasteiger partial charge in [-0.25, -0.2) is 4.79 Å². The van der Waals surface area contributed by atoms with E-state index in [1.54, 1.807) is 0 Å². The van der Waals surface area contributed by atoms with Gasteiger partial charge < -0.3 is 20.4 Å². The van der Waals surface area contributed by atoms with E-state index in [9.17, 15) is 9.90 Å². The first-order chi connectivity index (χ1) is 6.77. The van der Waals surface area contributed by atoms with Gasteiger partial charge in [-0.05, 0) is 27.8 Å². The lowest BCUT2D eigenvalue weighted by Gasteiger charge is -2.23. The Balaban J connectivity index is 3.68. The highest BCUT2D eigenvalue weighted by atomic mass is 16.4. The van der Waals surface area contributed by atoms with Crippen molar-refractivity contribution < 1.29 is 15.0 Å². The average molecular weight is 218 g/mol. The quantitative estimate of drug-likeness (QED) is 0.514. The van der Waals surface area contributed by atoms with Crippen LogP contribution < -0.4 is 5.32 Å². The second kappa shape index (κ2) is 6.05. The summed E-state index contributed by atoms with van der Waals surface area (Å²) in [5.41, 5.74) is -1.68. The van der Waals surface area contributed by atoms with Gasteiger partial charge >= 0.3 is 5.97 Å². The molecule has 0 aliphatic heterocycles. The number of aliphatic carboxylic acids is 1. The molecule has 0 heterocycles. The number of rotatable bonds is 7. The van der Waals surface area contributed by atoms with Crippen molar-refractivity contribution in [2.24, 2.45) is 0 Å². The predicted octanol–water partition coefficient (Wildman–Crippen LogP) is -0.248. The maximum atomic E-state index is 10.6. The standard InChI is InChI=1S/C10H22N2O3/c1-8(2)12(4)6-5-11-7-10(3,15)9(13)14/h8,11,15H,5-7H2,1-4H3,(H,13,14). The molecular formula is C10H22N2O3. The number of hydrogen-bond acceptors (Lipinski definition) is 4. The Bertz CT molecular complexity index is 205. The van der Waals surface area contributed by atoms with Crippen LogP contribution in [0.4, 0.5) is 0 Å². The highest BCUT2D eigenvalue weighted by Crippen LogP contribution is 2.00. The summed E-state index contributed by atoms with van der Waals surface area (Å²) >= 11 is 0. The van der Waals surface area contributed by atoms with Crippen LogP contribution in [0.1, 0.15) is 20.8 Å². The zero-order chi connectivity index (χ0) is 12.1. The van der Waals surface area contributed by atoms with Crippen LogP contribution >= 0.6 is 0 Å². The molecule has 1 atom stereocenters. The van der Waals surface area contributed by atoms with Crippen molar-refractivity contribution in [1.82, 2.24) is 10.2 Å². The van der Waals surface area contributed by atoms with Gasteiger partial charge in [0.1, 0.15) is 0 Å². The van der Waals surface area contributed by atoms with Crippen LogP contribution in [0, 0.1) is 0 Å². The maximum Gasteiger partial charge on any atom is 0.336 e. The van der Waals surface area contributed by atoms with E-state index in [-0.39, 0.29) is 6.54 Å². The van der Waals surface area contributed by atoms with E-state index in [4.69, 9.17) is 5.11 Å². The van der Waals surface area contributed by atoms with Crippen LogP contribution in [-0.4, -0.2) is 59.4 Å². The maximum absolute atomic E-state index is 10.6. The third-order valence-corrected chi connectivity index (χ3v) is 2.45. The van der Waals surface area contributed by atoms with Gasteiger partial charge in [0.05, 0.1) is 0 Å². The van der Waals surface area contributed by atoms with Gasteiger partial charge in [0.15, 0.2) is 5.60 Å². The van der Waals surface area contributed by atoms with Crippen molar-refractivity contribution >= 4 is 5.97 Å². The highest BCUT2D eigenvalue weighted by molar-refractivity contribution is 5.76. The molecule has 5 heteroatoms. The fourth-order valence-corrected chi connectivity index (χ4v) is 0.921. The molecule has 1 unspecified atom stereocenters. The molecule has 0 amide bonds. The second-order valence-corrected chi connectivity index (χ2v) is 4.33. The summed E-state index contributed by atoms with van der Waals surface area (Å²) in [6.45, 7) is 7.02. The van der Waals surface area contributed by atoms with Crippen molar-refractivity contribution in [3.8, 4) is 0 Å². The molecular weight excluding hydrogens is 196 g/mol. The summed E-state index contributed by atoms with van der Waals surface area (Å²) < 4.78 is 0. The molecule has 0 saturated carbocycles. The summed E-state index contributed by atoms with van der Waals surface area (Å²) in [4.78, 5) is 12.7. The fraction of sp³-hybridized carbons (Fsp3) is 0.900. The average Bonchev–Trinajstić information content (AvgIpc) is 2.11. The number of hydrogen-bond donors (Lipinski definition) is 3. The minimum atomic E-state index is -1.68. The first-order valence-corrected chi connectivity index (χ1v) is 5.14. The normalized spacial score (nSPS) is 15.7. The molecule has 0 spiro atoms. The third kappa shape index (κ3) is 5.71. The van der Waals surface area contributed by atoms with E-state index in [2.05, 4.69) is 24.1 Å². The third-order valence-electron chi connectivity index (χ3n) is 2.45. The van der Waals surface area contributed by atoms with Gasteiger partial charge in [-0.1, -0.05) is 0 Å². The SMILES string of the molecule is CC(C)N(C)CCNCC(C)(O)C(=O)O. The topological polar surface area (TPSA) is 72.8 Å². The molecule has 5 nitrogen and oxygen atoms in total. The lowest BCUT2D eigenvalue weighted by molar-refractivity contribution is -0.156. The lowest BCUT2D eigenvalue weighted by Crippen LogP contribution is -2.46. The molecule has 0 aromatic carbocycles. The van der Waals surface area contributed by atoms with Crippen LogP contribution in [0.2, 0.25) is 0 Å². The summed E-state index contributed by atoms with van der Waals surface area (Å²) in [6.07, 6.45) is 0. The van der Waals surface area contributed by atoms with Gasteiger partial charge in [0.2, 0.25) is 0 Å². The molecule has 0 fully saturated rings. The van der Waals surface area contributed by atoms with Crippen molar-refractivity contribution in [3.05, 3.63) is 0 Å². The van der Waals surface area contributed by atoms with Gasteiger partial charge in [-0.3, -0.25) is 0 Å². The van der Waals surface area contributed by atoms with Crippen molar-refractivity contribution in [3.63, 3.8) is 0 Å². The van der Waals surface area contributed by atoms with E-state index in [0.29, 0.717) is 12.6 Å². The van der Waals surface area contributed by atoms with Crippen LogP contribution in [0.3, 0.4) is 0 Å². The minimum Gasteiger partial charge on any atom is -0.479 e. The number of likely N-dealkylation sites (N-methyl/N-ethyl adjacent to an activating group) is 1. The smallest absolute Gasteiger partial charge is 0.336 e. The second-order valence-electron chi connectivity index (χ2n) is 4.33. The van der Waals surface area contributed by atoms with Gasteiger partial charge in [0.25, 0.3) is 0 Å². The Labute approximate surface area is 91.1 Å². The zero-order valence-corrected chi connectivity index (χ0v) is 9.95. The molecule has 0 aliphatic rings.